The van der Waals surface area contributed by atoms with Gasteiger partial charge in [0.25, 0.3) is 0 Å². The number of aromatic hydroxyl groups is 1. The van der Waals surface area contributed by atoms with Crippen LogP contribution in [0.3, 0.4) is 0 Å². The predicted molar refractivity (Wildman–Crippen MR) is 81.9 cm³/mol. The molecule has 0 aromatic carbocycles. The summed E-state index contributed by atoms with van der Waals surface area (Å²) in [6.45, 7) is 1.61. The van der Waals surface area contributed by atoms with E-state index in [-0.39, 0.29) is 12.2 Å². The van der Waals surface area contributed by atoms with Gasteiger partial charge in [-0.15, -0.1) is 11.3 Å². The quantitative estimate of drug-likeness (QED) is 0.834. The number of halogens is 1. The summed E-state index contributed by atoms with van der Waals surface area (Å²) in [6.07, 6.45) is -0.0244. The molecule has 7 heteroatoms. The fourth-order valence-electron chi connectivity index (χ4n) is 1.95. The number of ether oxygens (including phenoxy) is 1. The van der Waals surface area contributed by atoms with Crippen LogP contribution in [0.1, 0.15) is 28.7 Å². The van der Waals surface area contributed by atoms with E-state index in [2.05, 4.69) is 20.7 Å². The third-order valence-corrected chi connectivity index (χ3v) is 4.66. The normalized spacial score (nSPS) is 12.1. The molecule has 21 heavy (non-hydrogen) atoms. The molecule has 2 aromatic heterocycles. The van der Waals surface area contributed by atoms with Crippen LogP contribution in [0.5, 0.6) is 5.75 Å². The van der Waals surface area contributed by atoms with Crippen molar-refractivity contribution < 1.29 is 19.1 Å². The second-order valence-corrected chi connectivity index (χ2v) is 6.90. The Hall–Kier alpha value is -1.60. The van der Waals surface area contributed by atoms with Crippen LogP contribution in [0.15, 0.2) is 31.2 Å². The Morgan fingerprint density at radius 2 is 2.24 bits per heavy atom. The van der Waals surface area contributed by atoms with Gasteiger partial charge in [0.15, 0.2) is 5.76 Å². The molecular formula is C14H13BrO5S. The third-order valence-electron chi connectivity index (χ3n) is 2.92. The molecule has 0 saturated heterocycles. The van der Waals surface area contributed by atoms with E-state index in [1.807, 2.05) is 12.1 Å². The van der Waals surface area contributed by atoms with Gasteiger partial charge >= 0.3 is 5.97 Å². The summed E-state index contributed by atoms with van der Waals surface area (Å²) < 4.78 is 11.1. The van der Waals surface area contributed by atoms with Crippen molar-refractivity contribution in [3.05, 3.63) is 48.6 Å². The zero-order chi connectivity index (χ0) is 15.6. The van der Waals surface area contributed by atoms with Crippen LogP contribution in [-0.2, 0) is 9.53 Å². The average molecular weight is 373 g/mol. The number of carbonyl (C=O) groups excluding carboxylic acids is 1. The Labute approximate surface area is 133 Å². The zero-order valence-corrected chi connectivity index (χ0v) is 13.8. The van der Waals surface area contributed by atoms with Gasteiger partial charge in [-0.25, -0.2) is 0 Å². The lowest BCUT2D eigenvalue weighted by atomic mass is 9.99. The number of rotatable bonds is 4. The van der Waals surface area contributed by atoms with E-state index in [1.165, 1.54) is 24.5 Å². The summed E-state index contributed by atoms with van der Waals surface area (Å²) in [5.41, 5.74) is -0.528. The van der Waals surface area contributed by atoms with E-state index >= 15 is 0 Å². The van der Waals surface area contributed by atoms with E-state index < -0.39 is 23.1 Å². The van der Waals surface area contributed by atoms with Crippen LogP contribution < -0.4 is 5.43 Å². The summed E-state index contributed by atoms with van der Waals surface area (Å²) in [6, 6.07) is 4.84. The maximum Gasteiger partial charge on any atom is 0.306 e. The number of esters is 1. The van der Waals surface area contributed by atoms with Crippen molar-refractivity contribution in [2.45, 2.75) is 19.3 Å². The lowest BCUT2D eigenvalue weighted by Gasteiger charge is -2.15. The fraction of sp³-hybridized carbons (Fsp3) is 0.286. The van der Waals surface area contributed by atoms with E-state index in [4.69, 9.17) is 4.42 Å². The molecule has 0 aliphatic rings. The van der Waals surface area contributed by atoms with Crippen molar-refractivity contribution in [2.75, 3.05) is 7.11 Å². The van der Waals surface area contributed by atoms with Crippen LogP contribution in [0.2, 0.25) is 0 Å². The molecule has 2 rings (SSSR count). The first kappa shape index (κ1) is 15.8. The Morgan fingerprint density at radius 1 is 1.52 bits per heavy atom. The summed E-state index contributed by atoms with van der Waals surface area (Å²) in [5.74, 6) is -1.04. The van der Waals surface area contributed by atoms with Crippen LogP contribution in [-0.4, -0.2) is 18.2 Å². The lowest BCUT2D eigenvalue weighted by Crippen LogP contribution is -2.12. The van der Waals surface area contributed by atoms with Crippen molar-refractivity contribution in [3.63, 3.8) is 0 Å². The molecule has 0 amide bonds. The first-order chi connectivity index (χ1) is 9.92. The zero-order valence-electron chi connectivity index (χ0n) is 11.4. The maximum absolute atomic E-state index is 11.7. The molecule has 2 aromatic rings. The van der Waals surface area contributed by atoms with Crippen LogP contribution in [0.4, 0.5) is 0 Å². The summed E-state index contributed by atoms with van der Waals surface area (Å²) >= 11 is 4.75. The Bertz CT molecular complexity index is 718. The van der Waals surface area contributed by atoms with Gasteiger partial charge in [0.1, 0.15) is 5.76 Å². The highest BCUT2D eigenvalue weighted by atomic mass is 79.9. The molecule has 0 fully saturated rings. The third kappa shape index (κ3) is 3.54. The molecule has 0 saturated carbocycles. The molecule has 112 valence electrons. The van der Waals surface area contributed by atoms with E-state index in [9.17, 15) is 14.7 Å². The minimum absolute atomic E-state index is 0.0244. The van der Waals surface area contributed by atoms with Gasteiger partial charge in [-0.05, 0) is 35.0 Å². The number of carbonyl (C=O) groups is 1. The van der Waals surface area contributed by atoms with Crippen molar-refractivity contribution in [3.8, 4) is 5.75 Å². The van der Waals surface area contributed by atoms with Crippen molar-refractivity contribution >= 4 is 33.2 Å². The highest BCUT2D eigenvalue weighted by molar-refractivity contribution is 9.11. The van der Waals surface area contributed by atoms with Gasteiger partial charge in [-0.1, -0.05) is 0 Å². The van der Waals surface area contributed by atoms with Crippen LogP contribution >= 0.6 is 27.3 Å². The molecule has 0 radical (unpaired) electrons. The summed E-state index contributed by atoms with van der Waals surface area (Å²) in [5, 5.41) is 9.98. The second-order valence-electron chi connectivity index (χ2n) is 4.41. The molecule has 0 spiro atoms. The van der Waals surface area contributed by atoms with E-state index in [0.717, 1.165) is 8.66 Å². The van der Waals surface area contributed by atoms with Crippen molar-refractivity contribution in [2.24, 2.45) is 0 Å². The van der Waals surface area contributed by atoms with Gasteiger partial charge in [-0.3, -0.25) is 9.59 Å². The molecule has 1 atom stereocenters. The standard InChI is InChI=1S/C14H13BrO5S/c1-7-5-9(16)13(18)14(20-7)8(6-12(17)19-2)10-3-4-11(15)21-10/h3-5,8,18H,6H2,1-2H3/t8-/m0/s1. The molecular weight excluding hydrogens is 360 g/mol. The molecule has 1 N–H and O–H groups in total. The summed E-state index contributed by atoms with van der Waals surface area (Å²) in [4.78, 5) is 24.1. The molecule has 0 bridgehead atoms. The van der Waals surface area contributed by atoms with Crippen molar-refractivity contribution in [1.29, 1.82) is 0 Å². The number of aryl methyl sites for hydroxylation is 1. The molecule has 0 unspecified atom stereocenters. The lowest BCUT2D eigenvalue weighted by molar-refractivity contribution is -0.140. The van der Waals surface area contributed by atoms with Gasteiger partial charge in [0, 0.05) is 10.9 Å². The summed E-state index contributed by atoms with van der Waals surface area (Å²) in [7, 11) is 1.29. The van der Waals surface area contributed by atoms with Crippen molar-refractivity contribution in [1.82, 2.24) is 0 Å². The molecule has 5 nitrogen and oxygen atoms in total. The average Bonchev–Trinajstić information content (AvgIpc) is 2.86. The van der Waals surface area contributed by atoms with E-state index in [0.29, 0.717) is 5.76 Å². The highest BCUT2D eigenvalue weighted by Crippen LogP contribution is 2.38. The minimum Gasteiger partial charge on any atom is -0.502 e. The molecule has 0 aliphatic heterocycles. The van der Waals surface area contributed by atoms with Crippen LogP contribution in [0, 0.1) is 6.92 Å². The van der Waals surface area contributed by atoms with Gasteiger partial charge in [0.05, 0.1) is 23.2 Å². The Balaban J connectivity index is 2.54. The fourth-order valence-corrected chi connectivity index (χ4v) is 3.47. The molecule has 2 heterocycles. The number of hydrogen-bond donors (Lipinski definition) is 1. The maximum atomic E-state index is 11.7. The van der Waals surface area contributed by atoms with Gasteiger partial charge in [-0.2, -0.15) is 0 Å². The monoisotopic (exact) mass is 372 g/mol. The first-order valence-corrected chi connectivity index (χ1v) is 7.69. The number of thiophene rings is 1. The first-order valence-electron chi connectivity index (χ1n) is 6.08. The minimum atomic E-state index is -0.568. The SMILES string of the molecule is COC(=O)C[C@@H](c1ccc(Br)s1)c1oc(C)cc(=O)c1O. The van der Waals surface area contributed by atoms with Gasteiger partial charge in [0.2, 0.25) is 11.2 Å². The van der Waals surface area contributed by atoms with Crippen LogP contribution in [0.25, 0.3) is 0 Å². The Morgan fingerprint density at radius 3 is 2.81 bits per heavy atom. The molecule has 0 aliphatic carbocycles. The van der Waals surface area contributed by atoms with E-state index in [1.54, 1.807) is 6.92 Å². The topological polar surface area (TPSA) is 76.7 Å². The Kier molecular flexibility index (Phi) is 4.84. The highest BCUT2D eigenvalue weighted by Gasteiger charge is 2.27. The van der Waals surface area contributed by atoms with Gasteiger partial charge < -0.3 is 14.3 Å². The second kappa shape index (κ2) is 6.44. The number of methoxy groups -OCH3 is 1. The smallest absolute Gasteiger partial charge is 0.306 e. The predicted octanol–water partition coefficient (Wildman–Crippen LogP) is 3.17. The largest absolute Gasteiger partial charge is 0.502 e. The number of hydrogen-bond acceptors (Lipinski definition) is 6.